The van der Waals surface area contributed by atoms with Gasteiger partial charge in [-0.05, 0) is 36.1 Å². The number of carbonyl (C=O) groups excluding carboxylic acids is 1. The van der Waals surface area contributed by atoms with Crippen LogP contribution in [0.1, 0.15) is 19.2 Å². The Balaban J connectivity index is 1.54. The molecule has 29 heavy (non-hydrogen) atoms. The number of methoxy groups -OCH3 is 1. The summed E-state index contributed by atoms with van der Waals surface area (Å²) in [7, 11) is 1.61. The van der Waals surface area contributed by atoms with Crippen molar-refractivity contribution in [3.8, 4) is 5.75 Å². The Morgan fingerprint density at radius 3 is 2.93 bits per heavy atom. The molecule has 2 amide bonds. The fourth-order valence-electron chi connectivity index (χ4n) is 2.96. The Morgan fingerprint density at radius 2 is 2.14 bits per heavy atom. The van der Waals surface area contributed by atoms with Crippen molar-refractivity contribution in [3.05, 3.63) is 45.8 Å². The lowest BCUT2D eigenvalue weighted by molar-refractivity contribution is 0.207. The number of thiophene rings is 1. The van der Waals surface area contributed by atoms with Gasteiger partial charge in [0.05, 0.1) is 29.4 Å². The third kappa shape index (κ3) is 4.08. The van der Waals surface area contributed by atoms with Gasteiger partial charge in [-0.1, -0.05) is 18.3 Å². The van der Waals surface area contributed by atoms with Crippen molar-refractivity contribution in [2.45, 2.75) is 19.9 Å². The van der Waals surface area contributed by atoms with Gasteiger partial charge in [0.1, 0.15) is 16.3 Å². The molecule has 0 fully saturated rings. The molecular formula is C19H19N5O3S2. The summed E-state index contributed by atoms with van der Waals surface area (Å²) in [4.78, 5) is 38.3. The zero-order valence-electron chi connectivity index (χ0n) is 15.9. The number of carbonyl (C=O) groups is 1. The first-order valence-corrected chi connectivity index (χ1v) is 10.7. The lowest BCUT2D eigenvalue weighted by Crippen LogP contribution is -2.36. The van der Waals surface area contributed by atoms with E-state index < -0.39 is 0 Å². The molecule has 1 aromatic carbocycles. The number of hydrogen-bond acceptors (Lipinski definition) is 7. The van der Waals surface area contributed by atoms with Crippen LogP contribution in [0.25, 0.3) is 20.4 Å². The lowest BCUT2D eigenvalue weighted by Gasteiger charge is -2.21. The molecule has 0 spiro atoms. The van der Waals surface area contributed by atoms with Gasteiger partial charge in [0.15, 0.2) is 5.13 Å². The average molecular weight is 430 g/mol. The zero-order valence-corrected chi connectivity index (χ0v) is 17.5. The summed E-state index contributed by atoms with van der Waals surface area (Å²) in [5.41, 5.74) is 1.25. The molecule has 0 bridgehead atoms. The zero-order chi connectivity index (χ0) is 20.4. The van der Waals surface area contributed by atoms with Gasteiger partial charge in [0.25, 0.3) is 5.56 Å². The minimum atomic E-state index is -0.286. The molecule has 0 aliphatic rings. The fraction of sp³-hybridized carbons (Fsp3) is 0.263. The SMILES string of the molecule is CCCN(Cc1nc2ccsc2c(=O)[nH]1)C(=O)Nc1nc2ccc(OC)cc2s1. The minimum Gasteiger partial charge on any atom is -0.497 e. The van der Waals surface area contributed by atoms with Crippen LogP contribution in [-0.2, 0) is 6.54 Å². The first-order valence-electron chi connectivity index (χ1n) is 9.04. The number of ether oxygens (including phenoxy) is 1. The quantitative estimate of drug-likeness (QED) is 0.482. The van der Waals surface area contributed by atoms with Gasteiger partial charge in [-0.3, -0.25) is 10.1 Å². The van der Waals surface area contributed by atoms with Crippen LogP contribution in [0.4, 0.5) is 9.93 Å². The van der Waals surface area contributed by atoms with E-state index in [0.717, 1.165) is 22.4 Å². The van der Waals surface area contributed by atoms with Crippen LogP contribution in [0.5, 0.6) is 5.75 Å². The Bertz CT molecular complexity index is 1230. The number of aromatic amines is 1. The third-order valence-electron chi connectivity index (χ3n) is 4.29. The monoisotopic (exact) mass is 429 g/mol. The van der Waals surface area contributed by atoms with Gasteiger partial charge >= 0.3 is 6.03 Å². The Labute approximate surface area is 174 Å². The first-order chi connectivity index (χ1) is 14.1. The molecule has 0 aliphatic carbocycles. The van der Waals surface area contributed by atoms with E-state index in [1.54, 1.807) is 18.1 Å². The molecule has 10 heteroatoms. The molecular weight excluding hydrogens is 410 g/mol. The van der Waals surface area contributed by atoms with Crippen LogP contribution in [0.3, 0.4) is 0 Å². The predicted octanol–water partition coefficient (Wildman–Crippen LogP) is 4.05. The van der Waals surface area contributed by atoms with Gasteiger partial charge in [-0.15, -0.1) is 11.3 Å². The highest BCUT2D eigenvalue weighted by Crippen LogP contribution is 2.29. The molecule has 4 aromatic rings. The van der Waals surface area contributed by atoms with Crippen molar-refractivity contribution >= 4 is 54.3 Å². The second-order valence-electron chi connectivity index (χ2n) is 6.35. The number of nitrogens with zero attached hydrogens (tertiary/aromatic N) is 3. The van der Waals surface area contributed by atoms with Crippen molar-refractivity contribution in [2.75, 3.05) is 19.0 Å². The van der Waals surface area contributed by atoms with E-state index in [1.807, 2.05) is 30.5 Å². The average Bonchev–Trinajstić information content (AvgIpc) is 3.33. The molecule has 0 unspecified atom stereocenters. The summed E-state index contributed by atoms with van der Waals surface area (Å²) in [6.07, 6.45) is 0.773. The van der Waals surface area contributed by atoms with Crippen molar-refractivity contribution in [3.63, 3.8) is 0 Å². The number of rotatable bonds is 6. The van der Waals surface area contributed by atoms with Crippen LogP contribution in [0, 0.1) is 0 Å². The highest BCUT2D eigenvalue weighted by atomic mass is 32.1. The number of thiazole rings is 1. The van der Waals surface area contributed by atoms with Crippen molar-refractivity contribution in [1.29, 1.82) is 0 Å². The molecule has 0 atom stereocenters. The van der Waals surface area contributed by atoms with Gasteiger partial charge in [-0.2, -0.15) is 0 Å². The van der Waals surface area contributed by atoms with E-state index in [4.69, 9.17) is 4.74 Å². The number of benzene rings is 1. The molecule has 0 aliphatic heterocycles. The second-order valence-corrected chi connectivity index (χ2v) is 8.30. The Hall–Kier alpha value is -2.98. The second kappa shape index (κ2) is 8.18. The lowest BCUT2D eigenvalue weighted by atomic mass is 10.3. The number of fused-ring (bicyclic) bond motifs is 2. The molecule has 3 heterocycles. The van der Waals surface area contributed by atoms with Crippen molar-refractivity contribution < 1.29 is 9.53 Å². The Kier molecular flexibility index (Phi) is 5.45. The largest absolute Gasteiger partial charge is 0.497 e. The summed E-state index contributed by atoms with van der Waals surface area (Å²) < 4.78 is 6.75. The molecule has 8 nitrogen and oxygen atoms in total. The van der Waals surface area contributed by atoms with E-state index in [-0.39, 0.29) is 18.1 Å². The molecule has 0 saturated carbocycles. The highest BCUT2D eigenvalue weighted by Gasteiger charge is 2.17. The van der Waals surface area contributed by atoms with Crippen LogP contribution in [0.15, 0.2) is 34.4 Å². The fourth-order valence-corrected chi connectivity index (χ4v) is 4.57. The molecule has 3 aromatic heterocycles. The topological polar surface area (TPSA) is 100 Å². The summed E-state index contributed by atoms with van der Waals surface area (Å²) in [6, 6.07) is 7.09. The Morgan fingerprint density at radius 1 is 1.28 bits per heavy atom. The third-order valence-corrected chi connectivity index (χ3v) is 6.13. The number of hydrogen-bond donors (Lipinski definition) is 2. The smallest absolute Gasteiger partial charge is 0.324 e. The van der Waals surface area contributed by atoms with E-state index in [1.165, 1.54) is 22.7 Å². The molecule has 0 saturated heterocycles. The number of H-pyrrole nitrogens is 1. The molecule has 150 valence electrons. The van der Waals surface area contributed by atoms with E-state index >= 15 is 0 Å². The number of aromatic nitrogens is 3. The molecule has 2 N–H and O–H groups in total. The van der Waals surface area contributed by atoms with Gasteiger partial charge in [0, 0.05) is 6.54 Å². The van der Waals surface area contributed by atoms with Crippen LogP contribution >= 0.6 is 22.7 Å². The number of anilines is 1. The minimum absolute atomic E-state index is 0.183. The normalized spacial score (nSPS) is 11.1. The van der Waals surface area contributed by atoms with Crippen molar-refractivity contribution in [1.82, 2.24) is 19.9 Å². The van der Waals surface area contributed by atoms with Gasteiger partial charge in [-0.25, -0.2) is 14.8 Å². The number of amides is 2. The van der Waals surface area contributed by atoms with Gasteiger partial charge < -0.3 is 14.6 Å². The van der Waals surface area contributed by atoms with Crippen LogP contribution in [0.2, 0.25) is 0 Å². The maximum atomic E-state index is 12.8. The summed E-state index contributed by atoms with van der Waals surface area (Å²) in [5.74, 6) is 1.20. The van der Waals surface area contributed by atoms with Crippen LogP contribution < -0.4 is 15.6 Å². The summed E-state index contributed by atoms with van der Waals surface area (Å²) >= 11 is 2.73. The summed E-state index contributed by atoms with van der Waals surface area (Å²) in [6.45, 7) is 2.72. The highest BCUT2D eigenvalue weighted by molar-refractivity contribution is 7.22. The molecule has 0 radical (unpaired) electrons. The van der Waals surface area contributed by atoms with E-state index in [0.29, 0.717) is 27.7 Å². The summed E-state index contributed by atoms with van der Waals surface area (Å²) in [5, 5.41) is 5.19. The predicted molar refractivity (Wildman–Crippen MR) is 116 cm³/mol. The number of nitrogens with one attached hydrogen (secondary N) is 2. The number of urea groups is 1. The van der Waals surface area contributed by atoms with E-state index in [9.17, 15) is 9.59 Å². The maximum absolute atomic E-state index is 12.8. The standard InChI is InChI=1S/C19H19N5O3S2/c1-3-7-24(10-15-20-13-6-8-28-16(13)17(25)22-15)19(26)23-18-21-12-5-4-11(27-2)9-14(12)29-18/h4-6,8-9H,3,7,10H2,1-2H3,(H,20,22,25)(H,21,23,26). The van der Waals surface area contributed by atoms with Gasteiger partial charge in [0.2, 0.25) is 0 Å². The van der Waals surface area contributed by atoms with Crippen LogP contribution in [-0.4, -0.2) is 39.5 Å². The first kappa shape index (κ1) is 19.3. The van der Waals surface area contributed by atoms with E-state index in [2.05, 4.69) is 20.3 Å². The van der Waals surface area contributed by atoms with Crippen molar-refractivity contribution in [2.24, 2.45) is 0 Å². The maximum Gasteiger partial charge on any atom is 0.324 e. The molecule has 4 rings (SSSR count).